The fraction of sp³-hybridized carbons (Fsp3) is 0.167. The Labute approximate surface area is 243 Å². The largest absolute Gasteiger partial charge is 0.755 e. The van der Waals surface area contributed by atoms with E-state index in [1.54, 1.807) is 78.9 Å². The van der Waals surface area contributed by atoms with Gasteiger partial charge in [-0.15, -0.1) is 0 Å². The molecular formula is C30H28N2O7S2-2. The van der Waals surface area contributed by atoms with E-state index in [0.717, 1.165) is 25.3 Å². The number of nitrogens with zero attached hydrogens (tertiary/aromatic N) is 2. The van der Waals surface area contributed by atoms with Crippen molar-refractivity contribution in [3.63, 3.8) is 0 Å². The summed E-state index contributed by atoms with van der Waals surface area (Å²) in [5.41, 5.74) is 5.03. The molecule has 1 N–H and O–H groups in total. The third kappa shape index (κ3) is 6.89. The van der Waals surface area contributed by atoms with Gasteiger partial charge in [0.05, 0.1) is 64.6 Å². The summed E-state index contributed by atoms with van der Waals surface area (Å²) >= 11 is -5.37. The minimum Gasteiger partial charge on any atom is -0.755 e. The highest BCUT2D eigenvalue weighted by molar-refractivity contribution is 7.81. The number of aryl methyl sites for hydroxylation is 2. The highest BCUT2D eigenvalue weighted by atomic mass is 32.2. The first-order chi connectivity index (χ1) is 19.6. The molecule has 0 aliphatic rings. The fourth-order valence-electron chi connectivity index (χ4n) is 4.42. The third-order valence-corrected chi connectivity index (χ3v) is 7.87. The zero-order valence-electron chi connectivity index (χ0n) is 22.6. The summed E-state index contributed by atoms with van der Waals surface area (Å²) in [6.45, 7) is 3.37. The molecule has 0 amide bonds. The maximum Gasteiger partial charge on any atom is 0.340 e. The van der Waals surface area contributed by atoms with Crippen LogP contribution in [0.4, 0.5) is 22.7 Å². The lowest BCUT2D eigenvalue weighted by molar-refractivity contribution is 0.0601. The van der Waals surface area contributed by atoms with E-state index in [2.05, 4.69) is 0 Å². The van der Waals surface area contributed by atoms with Crippen molar-refractivity contribution in [2.24, 2.45) is 0 Å². The van der Waals surface area contributed by atoms with Gasteiger partial charge in [-0.05, 0) is 73.9 Å². The van der Waals surface area contributed by atoms with Gasteiger partial charge in [0.25, 0.3) is 0 Å². The number of benzene rings is 4. The van der Waals surface area contributed by atoms with Crippen LogP contribution >= 0.6 is 0 Å². The van der Waals surface area contributed by atoms with Gasteiger partial charge in [0.1, 0.15) is 0 Å². The second kappa shape index (κ2) is 13.2. The van der Waals surface area contributed by atoms with Crippen molar-refractivity contribution in [1.82, 2.24) is 0 Å². The van der Waals surface area contributed by atoms with Gasteiger partial charge in [0, 0.05) is 5.56 Å². The SMILES string of the molecule is COC(=O)c1cc(Cc2ccc(N(c3ccc(C)cc3)S(=O)[O-])c(CO)c2)ccc1N(c1ccc(C)cc1)S(=O)[O-]. The number of carbonyl (C=O) groups excluding carboxylic acids is 1. The summed E-state index contributed by atoms with van der Waals surface area (Å²) in [5.74, 6) is -0.706. The summed E-state index contributed by atoms with van der Waals surface area (Å²) < 4.78 is 55.9. The van der Waals surface area contributed by atoms with Crippen LogP contribution in [-0.4, -0.2) is 35.7 Å². The van der Waals surface area contributed by atoms with Crippen LogP contribution in [0.5, 0.6) is 0 Å². The first-order valence-electron chi connectivity index (χ1n) is 12.5. The van der Waals surface area contributed by atoms with E-state index in [-0.39, 0.29) is 11.3 Å². The number of hydrogen-bond donors (Lipinski definition) is 1. The Bertz CT molecular complexity index is 1590. The number of esters is 1. The van der Waals surface area contributed by atoms with E-state index in [4.69, 9.17) is 4.74 Å². The molecule has 0 saturated carbocycles. The molecule has 9 nitrogen and oxygen atoms in total. The lowest BCUT2D eigenvalue weighted by atomic mass is 9.99. The van der Waals surface area contributed by atoms with Crippen molar-refractivity contribution in [3.8, 4) is 0 Å². The number of aliphatic hydroxyl groups excluding tert-OH is 1. The van der Waals surface area contributed by atoms with Crippen LogP contribution in [-0.2, 0) is 40.3 Å². The Morgan fingerprint density at radius 1 is 0.756 bits per heavy atom. The lowest BCUT2D eigenvalue weighted by Crippen LogP contribution is -2.22. The number of carbonyl (C=O) groups is 1. The fourth-order valence-corrected chi connectivity index (χ4v) is 5.67. The van der Waals surface area contributed by atoms with Gasteiger partial charge in [0.2, 0.25) is 0 Å². The minimum absolute atomic E-state index is 0.0566. The number of hydrogen-bond acceptors (Lipinski definition) is 7. The zero-order chi connectivity index (χ0) is 29.7. The second-order valence-corrected chi connectivity index (χ2v) is 10.9. The van der Waals surface area contributed by atoms with Crippen LogP contribution in [0.15, 0.2) is 84.9 Å². The molecule has 0 radical (unpaired) electrons. The molecular weight excluding hydrogens is 564 g/mol. The number of methoxy groups -OCH3 is 1. The standard InChI is InChI=1S/C30H30N2O7S2/c1-20-4-10-25(11-5-20)31(40(35)36)28-14-8-22(17-24(28)19-33)16-23-9-15-29(27(18-23)30(34)39-3)32(41(37)38)26-12-6-21(2)7-13-26/h4-15,17-18,33H,16,19H2,1-3H3,(H,35,36)(H,37,38)/p-2. The summed E-state index contributed by atoms with van der Waals surface area (Å²) in [6, 6.07) is 23.7. The average Bonchev–Trinajstić information content (AvgIpc) is 2.95. The average molecular weight is 593 g/mol. The third-order valence-electron chi connectivity index (χ3n) is 6.46. The molecule has 0 aromatic heterocycles. The topological polar surface area (TPSA) is 133 Å². The molecule has 0 fully saturated rings. The van der Waals surface area contributed by atoms with E-state index < -0.39 is 35.1 Å². The second-order valence-electron chi connectivity index (χ2n) is 9.34. The van der Waals surface area contributed by atoms with Gasteiger partial charge >= 0.3 is 5.97 Å². The minimum atomic E-state index is -2.73. The molecule has 0 aliphatic heterocycles. The van der Waals surface area contributed by atoms with Gasteiger partial charge in [-0.25, -0.2) is 4.79 Å². The number of ether oxygens (including phenoxy) is 1. The molecule has 0 saturated heterocycles. The Morgan fingerprint density at radius 3 is 1.68 bits per heavy atom. The monoisotopic (exact) mass is 592 g/mol. The molecule has 0 heterocycles. The van der Waals surface area contributed by atoms with Gasteiger partial charge in [0.15, 0.2) is 0 Å². The van der Waals surface area contributed by atoms with Crippen LogP contribution < -0.4 is 8.61 Å². The van der Waals surface area contributed by atoms with Gasteiger partial charge in [-0.2, -0.15) is 0 Å². The van der Waals surface area contributed by atoms with E-state index in [9.17, 15) is 27.4 Å². The molecule has 0 bridgehead atoms. The normalized spacial score (nSPS) is 12.4. The summed E-state index contributed by atoms with van der Waals surface area (Å²) in [5, 5.41) is 10.1. The first-order valence-corrected chi connectivity index (χ1v) is 14.6. The molecule has 4 rings (SSSR count). The van der Waals surface area contributed by atoms with Crippen molar-refractivity contribution in [1.29, 1.82) is 0 Å². The lowest BCUT2D eigenvalue weighted by Gasteiger charge is -2.29. The molecule has 2 unspecified atom stereocenters. The quantitative estimate of drug-likeness (QED) is 0.202. The molecule has 11 heteroatoms. The summed E-state index contributed by atoms with van der Waals surface area (Å²) in [7, 11) is 1.22. The maximum absolute atomic E-state index is 12.7. The summed E-state index contributed by atoms with van der Waals surface area (Å²) in [4.78, 5) is 12.7. The summed E-state index contributed by atoms with van der Waals surface area (Å²) in [6.07, 6.45) is 0.313. The number of anilines is 4. The van der Waals surface area contributed by atoms with Crippen molar-refractivity contribution < 1.29 is 32.2 Å². The molecule has 41 heavy (non-hydrogen) atoms. The van der Waals surface area contributed by atoms with E-state index in [1.807, 2.05) is 13.8 Å². The molecule has 0 aliphatic carbocycles. The molecule has 2 atom stereocenters. The van der Waals surface area contributed by atoms with E-state index >= 15 is 0 Å². The molecule has 0 spiro atoms. The molecule has 4 aromatic rings. The van der Waals surface area contributed by atoms with Crippen LogP contribution in [0.25, 0.3) is 0 Å². The predicted octanol–water partition coefficient (Wildman–Crippen LogP) is 5.04. The van der Waals surface area contributed by atoms with Crippen LogP contribution in [0.1, 0.15) is 38.2 Å². The Balaban J connectivity index is 1.70. The molecule has 4 aromatic carbocycles. The Morgan fingerprint density at radius 2 is 1.22 bits per heavy atom. The van der Waals surface area contributed by atoms with Crippen LogP contribution in [0.3, 0.4) is 0 Å². The highest BCUT2D eigenvalue weighted by Gasteiger charge is 2.21. The number of rotatable bonds is 10. The first kappa shape index (κ1) is 30.1. The van der Waals surface area contributed by atoms with Crippen molar-refractivity contribution in [2.75, 3.05) is 15.7 Å². The Kier molecular flexibility index (Phi) is 9.69. The highest BCUT2D eigenvalue weighted by Crippen LogP contribution is 2.34. The molecule has 214 valence electrons. The van der Waals surface area contributed by atoms with Crippen molar-refractivity contribution in [2.45, 2.75) is 26.9 Å². The van der Waals surface area contributed by atoms with Crippen molar-refractivity contribution in [3.05, 3.63) is 118 Å². The Hall–Kier alpha value is -3.87. The van der Waals surface area contributed by atoms with Crippen LogP contribution in [0, 0.1) is 13.8 Å². The smallest absolute Gasteiger partial charge is 0.340 e. The predicted molar refractivity (Wildman–Crippen MR) is 157 cm³/mol. The van der Waals surface area contributed by atoms with Gasteiger partial charge < -0.3 is 18.9 Å². The van der Waals surface area contributed by atoms with E-state index in [0.29, 0.717) is 34.6 Å². The maximum atomic E-state index is 12.7. The van der Waals surface area contributed by atoms with E-state index in [1.165, 1.54) is 13.2 Å². The number of aliphatic hydroxyl groups is 1. The van der Waals surface area contributed by atoms with Gasteiger partial charge in [-0.1, -0.05) is 53.6 Å². The zero-order valence-corrected chi connectivity index (χ0v) is 24.2. The van der Waals surface area contributed by atoms with Crippen LogP contribution in [0.2, 0.25) is 0 Å². The van der Waals surface area contributed by atoms with Gasteiger partial charge in [-0.3, -0.25) is 17.0 Å². The van der Waals surface area contributed by atoms with Crippen molar-refractivity contribution >= 4 is 51.3 Å².